The van der Waals surface area contributed by atoms with Gasteiger partial charge in [0.1, 0.15) is 17.2 Å². The standard InChI is InChI=1S/C14H13N3O5S/c18-9(6-22-8-4-2-1-3-5-8)16-10-12(19)17-11(14(20)21)15-7-23-13(10)17/h1-5,7,10-11,13H,6H2,(H,16,18)(H,20,21). The number of β-lactam (4-membered cyclic amide) rings is 1. The van der Waals surface area contributed by atoms with E-state index in [4.69, 9.17) is 9.84 Å². The highest BCUT2D eigenvalue weighted by Crippen LogP contribution is 2.34. The van der Waals surface area contributed by atoms with Crippen LogP contribution in [-0.2, 0) is 14.4 Å². The van der Waals surface area contributed by atoms with Crippen LogP contribution < -0.4 is 10.1 Å². The SMILES string of the molecule is O=C(COc1ccccc1)NC1C(=O)N2C(C(=O)O)N=CSC12. The molecule has 0 bridgehead atoms. The van der Waals surface area contributed by atoms with Gasteiger partial charge in [-0.05, 0) is 12.1 Å². The average Bonchev–Trinajstić information content (AvgIpc) is 2.57. The number of hydrogen-bond donors (Lipinski definition) is 2. The molecule has 120 valence electrons. The van der Waals surface area contributed by atoms with E-state index in [1.165, 1.54) is 17.3 Å². The summed E-state index contributed by atoms with van der Waals surface area (Å²) in [5, 5.41) is 11.1. The molecule has 0 spiro atoms. The minimum absolute atomic E-state index is 0.221. The Labute approximate surface area is 135 Å². The molecule has 1 aromatic rings. The lowest BCUT2D eigenvalue weighted by atomic mass is 10.1. The number of aliphatic imine (C=N–C) groups is 1. The van der Waals surface area contributed by atoms with Crippen molar-refractivity contribution in [1.29, 1.82) is 0 Å². The van der Waals surface area contributed by atoms with Crippen molar-refractivity contribution in [3.63, 3.8) is 0 Å². The second-order valence-corrected chi connectivity index (χ2v) is 5.85. The number of benzene rings is 1. The molecule has 1 saturated heterocycles. The molecule has 1 fully saturated rings. The fraction of sp³-hybridized carbons (Fsp3) is 0.286. The van der Waals surface area contributed by atoms with Gasteiger partial charge < -0.3 is 15.2 Å². The zero-order valence-electron chi connectivity index (χ0n) is 11.8. The van der Waals surface area contributed by atoms with Gasteiger partial charge in [0.2, 0.25) is 6.17 Å². The lowest BCUT2D eigenvalue weighted by Gasteiger charge is -2.48. The molecule has 8 nitrogen and oxygen atoms in total. The second kappa shape index (κ2) is 6.29. The normalized spacial score (nSPS) is 25.3. The van der Waals surface area contributed by atoms with Crippen LogP contribution in [0.4, 0.5) is 0 Å². The van der Waals surface area contributed by atoms with Crippen LogP contribution in [0, 0.1) is 0 Å². The molecule has 23 heavy (non-hydrogen) atoms. The predicted molar refractivity (Wildman–Crippen MR) is 82.0 cm³/mol. The van der Waals surface area contributed by atoms with Gasteiger partial charge in [-0.1, -0.05) is 30.0 Å². The van der Waals surface area contributed by atoms with Gasteiger partial charge in [0, 0.05) is 0 Å². The van der Waals surface area contributed by atoms with E-state index in [1.54, 1.807) is 24.3 Å². The van der Waals surface area contributed by atoms with Crippen molar-refractivity contribution in [2.24, 2.45) is 4.99 Å². The average molecular weight is 335 g/mol. The van der Waals surface area contributed by atoms with Gasteiger partial charge in [0.05, 0.1) is 5.55 Å². The van der Waals surface area contributed by atoms with Gasteiger partial charge in [-0.25, -0.2) is 9.79 Å². The van der Waals surface area contributed by atoms with E-state index >= 15 is 0 Å². The molecule has 2 amide bonds. The number of aliphatic carboxylic acids is 1. The molecular formula is C14H13N3O5S. The van der Waals surface area contributed by atoms with Gasteiger partial charge in [-0.3, -0.25) is 14.5 Å². The smallest absolute Gasteiger partial charge is 0.349 e. The molecule has 2 N–H and O–H groups in total. The number of carboxylic acid groups (broad SMARTS) is 1. The molecule has 3 atom stereocenters. The zero-order valence-corrected chi connectivity index (χ0v) is 12.6. The molecule has 2 heterocycles. The highest BCUT2D eigenvalue weighted by Gasteiger charge is 2.54. The maximum atomic E-state index is 12.0. The fourth-order valence-corrected chi connectivity index (χ4v) is 3.32. The number of ether oxygens (including phenoxy) is 1. The van der Waals surface area contributed by atoms with Crippen LogP contribution in [0.1, 0.15) is 0 Å². The van der Waals surface area contributed by atoms with Crippen molar-refractivity contribution in [2.75, 3.05) is 6.61 Å². The number of rotatable bonds is 5. The van der Waals surface area contributed by atoms with Crippen molar-refractivity contribution in [1.82, 2.24) is 10.2 Å². The zero-order chi connectivity index (χ0) is 16.4. The predicted octanol–water partition coefficient (Wildman–Crippen LogP) is -0.0957. The summed E-state index contributed by atoms with van der Waals surface area (Å²) in [6.45, 7) is -0.221. The number of nitrogens with one attached hydrogen (secondary N) is 1. The number of carboxylic acids is 1. The van der Waals surface area contributed by atoms with E-state index < -0.39 is 35.4 Å². The maximum Gasteiger partial charge on any atom is 0.349 e. The number of hydrogen-bond acceptors (Lipinski definition) is 6. The van der Waals surface area contributed by atoms with Crippen molar-refractivity contribution in [3.8, 4) is 5.75 Å². The highest BCUT2D eigenvalue weighted by atomic mass is 32.2. The van der Waals surface area contributed by atoms with Crippen molar-refractivity contribution < 1.29 is 24.2 Å². The molecule has 0 aromatic heterocycles. The molecule has 0 radical (unpaired) electrons. The topological polar surface area (TPSA) is 108 Å². The van der Waals surface area contributed by atoms with E-state index in [0.29, 0.717) is 5.75 Å². The number of thioether (sulfide) groups is 1. The molecule has 0 saturated carbocycles. The Balaban J connectivity index is 1.55. The lowest BCUT2D eigenvalue weighted by molar-refractivity contribution is -0.161. The number of fused-ring (bicyclic) bond motifs is 1. The van der Waals surface area contributed by atoms with E-state index in [1.807, 2.05) is 6.07 Å². The maximum absolute atomic E-state index is 12.0. The largest absolute Gasteiger partial charge is 0.484 e. The summed E-state index contributed by atoms with van der Waals surface area (Å²) in [5.74, 6) is -1.55. The molecule has 9 heteroatoms. The van der Waals surface area contributed by atoms with Gasteiger partial charge in [-0.15, -0.1) is 0 Å². The third-order valence-corrected chi connectivity index (χ3v) is 4.42. The Kier molecular flexibility index (Phi) is 4.20. The summed E-state index contributed by atoms with van der Waals surface area (Å²) in [4.78, 5) is 39.9. The molecule has 2 aliphatic rings. The lowest BCUT2D eigenvalue weighted by Crippen LogP contribution is -2.73. The Hall–Kier alpha value is -2.55. The first-order chi connectivity index (χ1) is 11.1. The van der Waals surface area contributed by atoms with E-state index in [9.17, 15) is 14.4 Å². The highest BCUT2D eigenvalue weighted by molar-refractivity contribution is 8.12. The Morgan fingerprint density at radius 3 is 2.78 bits per heavy atom. The number of amides is 2. The first kappa shape index (κ1) is 15.3. The Morgan fingerprint density at radius 1 is 1.35 bits per heavy atom. The monoisotopic (exact) mass is 335 g/mol. The van der Waals surface area contributed by atoms with Crippen molar-refractivity contribution >= 4 is 35.1 Å². The summed E-state index contributed by atoms with van der Waals surface area (Å²) in [6.07, 6.45) is -1.22. The molecular weight excluding hydrogens is 322 g/mol. The van der Waals surface area contributed by atoms with E-state index in [2.05, 4.69) is 10.3 Å². The minimum Gasteiger partial charge on any atom is -0.484 e. The number of para-hydroxylation sites is 1. The van der Waals surface area contributed by atoms with Crippen LogP contribution in [-0.4, -0.2) is 57.5 Å². The van der Waals surface area contributed by atoms with Gasteiger partial charge in [-0.2, -0.15) is 0 Å². The van der Waals surface area contributed by atoms with Crippen LogP contribution in [0.5, 0.6) is 5.75 Å². The molecule has 2 aliphatic heterocycles. The van der Waals surface area contributed by atoms with Crippen LogP contribution in [0.15, 0.2) is 35.3 Å². The number of nitrogens with zero attached hydrogens (tertiary/aromatic N) is 2. The van der Waals surface area contributed by atoms with Crippen molar-refractivity contribution in [3.05, 3.63) is 30.3 Å². The molecule has 3 rings (SSSR count). The quantitative estimate of drug-likeness (QED) is 0.728. The summed E-state index contributed by atoms with van der Waals surface area (Å²) in [6, 6.07) is 8.06. The summed E-state index contributed by atoms with van der Waals surface area (Å²) >= 11 is 1.20. The molecule has 0 aliphatic carbocycles. The second-order valence-electron chi connectivity index (χ2n) is 4.89. The van der Waals surface area contributed by atoms with Crippen molar-refractivity contribution in [2.45, 2.75) is 17.6 Å². The summed E-state index contributed by atoms with van der Waals surface area (Å²) < 4.78 is 5.30. The fourth-order valence-electron chi connectivity index (χ4n) is 2.31. The summed E-state index contributed by atoms with van der Waals surface area (Å²) in [7, 11) is 0. The Morgan fingerprint density at radius 2 is 2.09 bits per heavy atom. The molecule has 1 aromatic carbocycles. The minimum atomic E-state index is -1.22. The van der Waals surface area contributed by atoms with E-state index in [-0.39, 0.29) is 6.61 Å². The number of carbonyl (C=O) groups excluding carboxylic acids is 2. The van der Waals surface area contributed by atoms with Crippen LogP contribution in [0.2, 0.25) is 0 Å². The van der Waals surface area contributed by atoms with Gasteiger partial charge in [0.25, 0.3) is 11.8 Å². The third-order valence-electron chi connectivity index (χ3n) is 3.40. The first-order valence-corrected chi connectivity index (χ1v) is 7.71. The van der Waals surface area contributed by atoms with Gasteiger partial charge >= 0.3 is 5.97 Å². The third kappa shape index (κ3) is 3.00. The van der Waals surface area contributed by atoms with Crippen LogP contribution >= 0.6 is 11.8 Å². The van der Waals surface area contributed by atoms with Crippen LogP contribution in [0.3, 0.4) is 0 Å². The van der Waals surface area contributed by atoms with Gasteiger partial charge in [0.15, 0.2) is 6.61 Å². The molecule has 3 unspecified atom stereocenters. The summed E-state index contributed by atoms with van der Waals surface area (Å²) in [5.41, 5.74) is 1.39. The van der Waals surface area contributed by atoms with E-state index in [0.717, 1.165) is 4.90 Å². The number of carbonyl (C=O) groups is 3. The van der Waals surface area contributed by atoms with Crippen LogP contribution in [0.25, 0.3) is 0 Å². The Bertz CT molecular complexity index is 666. The first-order valence-electron chi connectivity index (χ1n) is 6.77.